The fourth-order valence-corrected chi connectivity index (χ4v) is 5.71. The van der Waals surface area contributed by atoms with Crippen LogP contribution in [0.4, 0.5) is 5.69 Å². The van der Waals surface area contributed by atoms with Crippen LogP contribution in [0.25, 0.3) is 5.70 Å². The van der Waals surface area contributed by atoms with E-state index < -0.39 is 17.3 Å². The first-order chi connectivity index (χ1) is 18.0. The molecule has 0 unspecified atom stereocenters. The highest BCUT2D eigenvalue weighted by atomic mass is 16.5. The fraction of sp³-hybridized carbons (Fsp3) is 0.321. The van der Waals surface area contributed by atoms with Crippen LogP contribution in [0.15, 0.2) is 53.9 Å². The number of nitriles is 1. The fourth-order valence-electron chi connectivity index (χ4n) is 5.71. The summed E-state index contributed by atoms with van der Waals surface area (Å²) in [6, 6.07) is 13.4. The minimum absolute atomic E-state index is 0.151. The standard InChI is InChI=1S/C28H26N4O5/c1-2-35-25(33)16-32-21-7-4-3-6-19(21)28(27(32)34)14-22-18-13-24-23(36-10-5-11-37-24)12-17(18)8-9-31(22)26(30)20(28)15-29/h3-4,6-7,12-14H,2,5,8-11,16,30H2,1H3/t28-/m1/s1. The van der Waals surface area contributed by atoms with Crippen LogP contribution in [0.3, 0.4) is 0 Å². The molecule has 2 N–H and O–H groups in total. The molecule has 0 aliphatic carbocycles. The SMILES string of the molecule is CCOC(=O)CN1C(=O)[C@]2(C=C3c4cc5c(cc4CCN3C(N)=C2C#N)OCCCO5)c2ccccc21. The Kier molecular flexibility index (Phi) is 5.33. The largest absolute Gasteiger partial charge is 0.490 e. The first kappa shape index (κ1) is 23.0. The molecule has 0 saturated heterocycles. The normalized spacial score (nSPS) is 21.5. The van der Waals surface area contributed by atoms with E-state index in [0.717, 1.165) is 23.2 Å². The Hall–Kier alpha value is -4.45. The van der Waals surface area contributed by atoms with E-state index in [1.807, 2.05) is 35.2 Å². The van der Waals surface area contributed by atoms with Crippen molar-refractivity contribution in [2.45, 2.75) is 25.2 Å². The van der Waals surface area contributed by atoms with Crippen molar-refractivity contribution in [2.24, 2.45) is 5.73 Å². The van der Waals surface area contributed by atoms with Crippen molar-refractivity contribution >= 4 is 23.3 Å². The number of para-hydroxylation sites is 1. The number of carbonyl (C=O) groups excluding carboxylic acids is 2. The Balaban J connectivity index is 1.55. The van der Waals surface area contributed by atoms with Crippen molar-refractivity contribution in [3.63, 3.8) is 0 Å². The first-order valence-corrected chi connectivity index (χ1v) is 12.4. The Labute approximate surface area is 214 Å². The van der Waals surface area contributed by atoms with Crippen LogP contribution in [-0.4, -0.2) is 49.7 Å². The van der Waals surface area contributed by atoms with Crippen LogP contribution >= 0.6 is 0 Å². The van der Waals surface area contributed by atoms with E-state index in [2.05, 4.69) is 6.07 Å². The minimum Gasteiger partial charge on any atom is -0.490 e. The van der Waals surface area contributed by atoms with Crippen molar-refractivity contribution in [1.82, 2.24) is 4.90 Å². The third-order valence-corrected chi connectivity index (χ3v) is 7.35. The number of nitrogens with zero attached hydrogens (tertiary/aromatic N) is 3. The van der Waals surface area contributed by atoms with Crippen molar-refractivity contribution in [3.05, 3.63) is 70.6 Å². The molecule has 9 heteroatoms. The number of fused-ring (bicyclic) bond motifs is 6. The van der Waals surface area contributed by atoms with E-state index in [1.165, 1.54) is 4.90 Å². The highest BCUT2D eigenvalue weighted by molar-refractivity contribution is 6.15. The number of ether oxygens (including phenoxy) is 3. The minimum atomic E-state index is -1.47. The first-order valence-electron chi connectivity index (χ1n) is 12.4. The van der Waals surface area contributed by atoms with Crippen molar-refractivity contribution in [1.29, 1.82) is 5.26 Å². The molecule has 9 nitrogen and oxygen atoms in total. The van der Waals surface area contributed by atoms with Crippen LogP contribution in [0.1, 0.15) is 30.0 Å². The molecule has 6 rings (SSSR count). The summed E-state index contributed by atoms with van der Waals surface area (Å²) in [6.45, 7) is 3.35. The number of esters is 1. The van der Waals surface area contributed by atoms with Crippen LogP contribution < -0.4 is 20.1 Å². The molecule has 37 heavy (non-hydrogen) atoms. The smallest absolute Gasteiger partial charge is 0.326 e. The predicted molar refractivity (Wildman–Crippen MR) is 134 cm³/mol. The van der Waals surface area contributed by atoms with Gasteiger partial charge in [0.2, 0.25) is 5.91 Å². The van der Waals surface area contributed by atoms with Crippen molar-refractivity contribution < 1.29 is 23.8 Å². The molecule has 1 atom stereocenters. The number of hydrogen-bond acceptors (Lipinski definition) is 8. The molecular weight excluding hydrogens is 472 g/mol. The molecular formula is C28H26N4O5. The molecule has 0 bridgehead atoms. The number of anilines is 1. The summed E-state index contributed by atoms with van der Waals surface area (Å²) >= 11 is 0. The number of rotatable bonds is 3. The van der Waals surface area contributed by atoms with Gasteiger partial charge in [0.25, 0.3) is 0 Å². The van der Waals surface area contributed by atoms with Crippen molar-refractivity contribution in [2.75, 3.05) is 37.8 Å². The molecule has 2 aromatic rings. The summed E-state index contributed by atoms with van der Waals surface area (Å²) in [6.07, 6.45) is 3.31. The Morgan fingerprint density at radius 3 is 2.73 bits per heavy atom. The third-order valence-electron chi connectivity index (χ3n) is 7.35. The van der Waals surface area contributed by atoms with Crippen LogP contribution in [-0.2, 0) is 26.2 Å². The van der Waals surface area contributed by atoms with Gasteiger partial charge in [0.15, 0.2) is 11.5 Å². The summed E-state index contributed by atoms with van der Waals surface area (Å²) in [7, 11) is 0. The average Bonchev–Trinajstić information content (AvgIpc) is 3.04. The van der Waals surface area contributed by atoms with Gasteiger partial charge >= 0.3 is 5.97 Å². The molecule has 1 amide bonds. The molecule has 2 aromatic carbocycles. The van der Waals surface area contributed by atoms with Gasteiger partial charge in [-0.1, -0.05) is 18.2 Å². The summed E-state index contributed by atoms with van der Waals surface area (Å²) in [5.41, 5.74) is 9.17. The molecule has 188 valence electrons. The molecule has 4 aliphatic rings. The van der Waals surface area contributed by atoms with Gasteiger partial charge in [0.1, 0.15) is 23.8 Å². The molecule has 4 aliphatic heterocycles. The molecule has 0 fully saturated rings. The van der Waals surface area contributed by atoms with E-state index in [0.29, 0.717) is 48.9 Å². The van der Waals surface area contributed by atoms with Crippen LogP contribution in [0.2, 0.25) is 0 Å². The van der Waals surface area contributed by atoms with Gasteiger partial charge in [-0.15, -0.1) is 0 Å². The van der Waals surface area contributed by atoms with Gasteiger partial charge in [0.05, 0.1) is 25.4 Å². The third kappa shape index (κ3) is 3.29. The van der Waals surface area contributed by atoms with E-state index in [-0.39, 0.29) is 24.5 Å². The Bertz CT molecular complexity index is 1440. The second kappa shape index (κ2) is 8.59. The molecule has 0 saturated carbocycles. The van der Waals surface area contributed by atoms with E-state index in [9.17, 15) is 14.9 Å². The Morgan fingerprint density at radius 2 is 1.97 bits per heavy atom. The van der Waals surface area contributed by atoms with Gasteiger partial charge in [-0.3, -0.25) is 14.5 Å². The quantitative estimate of drug-likeness (QED) is 0.642. The predicted octanol–water partition coefficient (Wildman–Crippen LogP) is 2.60. The maximum absolute atomic E-state index is 14.2. The molecule has 4 heterocycles. The Morgan fingerprint density at radius 1 is 1.22 bits per heavy atom. The number of benzene rings is 2. The average molecular weight is 499 g/mol. The molecule has 0 aromatic heterocycles. The zero-order chi connectivity index (χ0) is 25.7. The van der Waals surface area contributed by atoms with Gasteiger partial charge in [-0.25, -0.2) is 0 Å². The lowest BCUT2D eigenvalue weighted by molar-refractivity contribution is -0.142. The summed E-state index contributed by atoms with van der Waals surface area (Å²) in [5.74, 6) is 0.656. The van der Waals surface area contributed by atoms with Crippen LogP contribution in [0, 0.1) is 11.3 Å². The topological polar surface area (TPSA) is 118 Å². The zero-order valence-electron chi connectivity index (χ0n) is 20.5. The maximum atomic E-state index is 14.2. The lowest BCUT2D eigenvalue weighted by atomic mass is 9.71. The monoisotopic (exact) mass is 498 g/mol. The van der Waals surface area contributed by atoms with Crippen molar-refractivity contribution in [3.8, 4) is 17.6 Å². The number of nitrogens with two attached hydrogens (primary N) is 1. The van der Waals surface area contributed by atoms with Crippen LogP contribution in [0.5, 0.6) is 11.5 Å². The number of carbonyl (C=O) groups is 2. The molecule has 1 spiro atoms. The highest BCUT2D eigenvalue weighted by Crippen LogP contribution is 2.53. The van der Waals surface area contributed by atoms with Gasteiger partial charge in [-0.2, -0.15) is 5.26 Å². The lowest BCUT2D eigenvalue weighted by Gasteiger charge is -2.41. The second-order valence-electron chi connectivity index (χ2n) is 9.33. The number of amides is 1. The maximum Gasteiger partial charge on any atom is 0.326 e. The number of hydrogen-bond donors (Lipinski definition) is 1. The van der Waals surface area contributed by atoms with E-state index in [4.69, 9.17) is 19.9 Å². The van der Waals surface area contributed by atoms with Gasteiger partial charge < -0.3 is 24.8 Å². The zero-order valence-corrected chi connectivity index (χ0v) is 20.5. The summed E-state index contributed by atoms with van der Waals surface area (Å²) < 4.78 is 17.0. The van der Waals surface area contributed by atoms with Gasteiger partial charge in [-0.05, 0) is 43.2 Å². The highest BCUT2D eigenvalue weighted by Gasteiger charge is 2.56. The van der Waals surface area contributed by atoms with E-state index in [1.54, 1.807) is 19.1 Å². The van der Waals surface area contributed by atoms with E-state index >= 15 is 0 Å². The lowest BCUT2D eigenvalue weighted by Crippen LogP contribution is -2.48. The van der Waals surface area contributed by atoms with Gasteiger partial charge in [0, 0.05) is 35.5 Å². The summed E-state index contributed by atoms with van der Waals surface area (Å²) in [5, 5.41) is 10.3. The second-order valence-corrected chi connectivity index (χ2v) is 9.33. The summed E-state index contributed by atoms with van der Waals surface area (Å²) in [4.78, 5) is 29.9. The molecule has 0 radical (unpaired) electrons.